The van der Waals surface area contributed by atoms with Crippen molar-refractivity contribution in [2.75, 3.05) is 0 Å². The van der Waals surface area contributed by atoms with Crippen LogP contribution < -0.4 is 0 Å². The molecule has 2 nitrogen and oxygen atoms in total. The highest BCUT2D eigenvalue weighted by atomic mass is 16.1. The Balaban J connectivity index is 2.15. The molecule has 0 atom stereocenters. The Labute approximate surface area is 148 Å². The lowest BCUT2D eigenvalue weighted by Gasteiger charge is -2.32. The minimum absolute atomic E-state index is 0.0332. The van der Waals surface area contributed by atoms with Crippen molar-refractivity contribution in [3.8, 4) is 0 Å². The molecule has 0 fully saturated rings. The van der Waals surface area contributed by atoms with Gasteiger partial charge in [0.1, 0.15) is 5.78 Å². The van der Waals surface area contributed by atoms with Crippen molar-refractivity contribution >= 4 is 11.6 Å². The summed E-state index contributed by atoms with van der Waals surface area (Å²) in [6, 6.07) is 28.3. The highest BCUT2D eigenvalue weighted by Crippen LogP contribution is 2.37. The summed E-state index contributed by atoms with van der Waals surface area (Å²) in [5.74, 6) is -0.0716. The van der Waals surface area contributed by atoms with E-state index in [0.29, 0.717) is 5.56 Å². The Bertz CT molecular complexity index is 813. The van der Waals surface area contributed by atoms with E-state index >= 15 is 0 Å². The van der Waals surface area contributed by atoms with Gasteiger partial charge in [-0.1, -0.05) is 91.0 Å². The highest BCUT2D eigenvalue weighted by Gasteiger charge is 2.41. The summed E-state index contributed by atoms with van der Waals surface area (Å²) in [5, 5.41) is 0. The van der Waals surface area contributed by atoms with Gasteiger partial charge in [0.05, 0.1) is 5.41 Å². The molecule has 0 radical (unpaired) electrons. The summed E-state index contributed by atoms with van der Waals surface area (Å²) in [5.41, 5.74) is 1.34. The SMILES string of the molecule is CC(=O)C(CC(=O)c1ccccc1)(c1ccccc1)c1ccccc1. The van der Waals surface area contributed by atoms with Crippen molar-refractivity contribution in [2.45, 2.75) is 18.8 Å². The minimum Gasteiger partial charge on any atom is -0.299 e. The molecule has 3 rings (SSSR count). The van der Waals surface area contributed by atoms with Crippen LogP contribution in [0, 0.1) is 0 Å². The van der Waals surface area contributed by atoms with Gasteiger partial charge < -0.3 is 0 Å². The molecule has 0 aliphatic carbocycles. The first-order chi connectivity index (χ1) is 12.1. The first-order valence-electron chi connectivity index (χ1n) is 8.35. The molecule has 0 saturated carbocycles. The lowest BCUT2D eigenvalue weighted by Crippen LogP contribution is -2.38. The summed E-state index contributed by atoms with van der Waals surface area (Å²) in [6.07, 6.45) is 0.111. The molecule has 0 unspecified atom stereocenters. The zero-order valence-corrected chi connectivity index (χ0v) is 14.2. The van der Waals surface area contributed by atoms with Gasteiger partial charge in [-0.15, -0.1) is 0 Å². The molecular weight excluding hydrogens is 308 g/mol. The molecule has 0 aliphatic rings. The highest BCUT2D eigenvalue weighted by molar-refractivity contribution is 6.03. The third-order valence-corrected chi connectivity index (χ3v) is 4.66. The molecule has 0 spiro atoms. The molecule has 25 heavy (non-hydrogen) atoms. The molecular formula is C23H20O2. The second-order valence-electron chi connectivity index (χ2n) is 6.16. The van der Waals surface area contributed by atoms with E-state index in [0.717, 1.165) is 11.1 Å². The topological polar surface area (TPSA) is 34.1 Å². The summed E-state index contributed by atoms with van der Waals surface area (Å²) >= 11 is 0. The van der Waals surface area contributed by atoms with Gasteiger partial charge in [-0.3, -0.25) is 9.59 Å². The van der Waals surface area contributed by atoms with E-state index in [-0.39, 0.29) is 18.0 Å². The van der Waals surface area contributed by atoms with Crippen molar-refractivity contribution < 1.29 is 9.59 Å². The lowest BCUT2D eigenvalue weighted by atomic mass is 9.68. The smallest absolute Gasteiger partial charge is 0.164 e. The maximum Gasteiger partial charge on any atom is 0.164 e. The fraction of sp³-hybridized carbons (Fsp3) is 0.130. The van der Waals surface area contributed by atoms with Crippen LogP contribution in [0.25, 0.3) is 0 Å². The number of carbonyl (C=O) groups is 2. The molecule has 0 amide bonds. The Morgan fingerprint density at radius 1 is 0.680 bits per heavy atom. The quantitative estimate of drug-likeness (QED) is 0.607. The molecule has 0 saturated heterocycles. The molecule has 3 aromatic carbocycles. The van der Waals surface area contributed by atoms with E-state index < -0.39 is 5.41 Å². The van der Waals surface area contributed by atoms with Crippen LogP contribution in [-0.4, -0.2) is 11.6 Å². The van der Waals surface area contributed by atoms with Gasteiger partial charge in [-0.2, -0.15) is 0 Å². The van der Waals surface area contributed by atoms with Crippen LogP contribution in [0.2, 0.25) is 0 Å². The zero-order chi connectivity index (χ0) is 17.7. The summed E-state index contributed by atoms with van der Waals surface area (Å²) in [4.78, 5) is 25.8. The van der Waals surface area contributed by atoms with Crippen LogP contribution in [0.3, 0.4) is 0 Å². The van der Waals surface area contributed by atoms with Gasteiger partial charge in [0.2, 0.25) is 0 Å². The van der Waals surface area contributed by atoms with Crippen LogP contribution >= 0.6 is 0 Å². The molecule has 0 bridgehead atoms. The van der Waals surface area contributed by atoms with E-state index in [4.69, 9.17) is 0 Å². The van der Waals surface area contributed by atoms with Gasteiger partial charge in [-0.25, -0.2) is 0 Å². The van der Waals surface area contributed by atoms with Crippen LogP contribution in [0.5, 0.6) is 0 Å². The average molecular weight is 328 g/mol. The predicted molar refractivity (Wildman–Crippen MR) is 99.7 cm³/mol. The van der Waals surface area contributed by atoms with Crippen molar-refractivity contribution in [3.05, 3.63) is 108 Å². The van der Waals surface area contributed by atoms with E-state index in [1.165, 1.54) is 0 Å². The normalized spacial score (nSPS) is 11.1. The molecule has 0 heterocycles. The molecule has 0 aromatic heterocycles. The van der Waals surface area contributed by atoms with Crippen molar-refractivity contribution in [2.24, 2.45) is 0 Å². The predicted octanol–water partition coefficient (Wildman–Crippen LogP) is 4.83. The van der Waals surface area contributed by atoms with Crippen LogP contribution in [0.4, 0.5) is 0 Å². The van der Waals surface area contributed by atoms with Crippen molar-refractivity contribution in [1.82, 2.24) is 0 Å². The second-order valence-corrected chi connectivity index (χ2v) is 6.16. The third kappa shape index (κ3) is 3.29. The summed E-state index contributed by atoms with van der Waals surface area (Å²) in [7, 11) is 0. The van der Waals surface area contributed by atoms with E-state index in [1.807, 2.05) is 78.9 Å². The van der Waals surface area contributed by atoms with Gasteiger partial charge >= 0.3 is 0 Å². The Kier molecular flexibility index (Phi) is 4.90. The van der Waals surface area contributed by atoms with E-state index in [9.17, 15) is 9.59 Å². The maximum atomic E-state index is 13.0. The van der Waals surface area contributed by atoms with Crippen LogP contribution in [0.1, 0.15) is 34.8 Å². The van der Waals surface area contributed by atoms with Gasteiger partial charge in [0, 0.05) is 12.0 Å². The van der Waals surface area contributed by atoms with Crippen LogP contribution in [-0.2, 0) is 10.2 Å². The Morgan fingerprint density at radius 3 is 1.48 bits per heavy atom. The lowest BCUT2D eigenvalue weighted by molar-refractivity contribution is -0.121. The summed E-state index contributed by atoms with van der Waals surface area (Å²) < 4.78 is 0. The molecule has 0 aliphatic heterocycles. The van der Waals surface area contributed by atoms with Gasteiger partial charge in [0.15, 0.2) is 5.78 Å². The minimum atomic E-state index is -0.977. The first kappa shape index (κ1) is 16.8. The van der Waals surface area contributed by atoms with Crippen molar-refractivity contribution in [3.63, 3.8) is 0 Å². The van der Waals surface area contributed by atoms with Crippen molar-refractivity contribution in [1.29, 1.82) is 0 Å². The number of Topliss-reactive ketones (excluding diaryl/α,β-unsaturated/α-hetero) is 2. The Hall–Kier alpha value is -3.00. The van der Waals surface area contributed by atoms with Gasteiger partial charge in [0.25, 0.3) is 0 Å². The van der Waals surface area contributed by atoms with E-state index in [1.54, 1.807) is 19.1 Å². The monoisotopic (exact) mass is 328 g/mol. The fourth-order valence-corrected chi connectivity index (χ4v) is 3.31. The Morgan fingerprint density at radius 2 is 1.08 bits per heavy atom. The first-order valence-corrected chi connectivity index (χ1v) is 8.35. The average Bonchev–Trinajstić information content (AvgIpc) is 2.67. The van der Waals surface area contributed by atoms with Gasteiger partial charge in [-0.05, 0) is 18.1 Å². The number of benzene rings is 3. The molecule has 0 N–H and O–H groups in total. The fourth-order valence-electron chi connectivity index (χ4n) is 3.31. The number of hydrogen-bond donors (Lipinski definition) is 0. The number of carbonyl (C=O) groups excluding carboxylic acids is 2. The maximum absolute atomic E-state index is 13.0. The third-order valence-electron chi connectivity index (χ3n) is 4.66. The largest absolute Gasteiger partial charge is 0.299 e. The van der Waals surface area contributed by atoms with Crippen LogP contribution in [0.15, 0.2) is 91.0 Å². The second kappa shape index (κ2) is 7.27. The molecule has 2 heteroatoms. The summed E-state index contributed by atoms with van der Waals surface area (Å²) in [6.45, 7) is 1.57. The number of ketones is 2. The molecule has 3 aromatic rings. The van der Waals surface area contributed by atoms with E-state index in [2.05, 4.69) is 0 Å². The zero-order valence-electron chi connectivity index (χ0n) is 14.2. The standard InChI is InChI=1S/C23H20O2/c1-18(24)23(20-13-7-3-8-14-20,21-15-9-4-10-16-21)17-22(25)19-11-5-2-6-12-19/h2-16H,17H2,1H3. The molecule has 124 valence electrons. The number of hydrogen-bond acceptors (Lipinski definition) is 2. The number of rotatable bonds is 6.